The van der Waals surface area contributed by atoms with Crippen LogP contribution in [0.4, 0.5) is 22.7 Å². The summed E-state index contributed by atoms with van der Waals surface area (Å²) in [6, 6.07) is 18.4. The van der Waals surface area contributed by atoms with Gasteiger partial charge in [-0.2, -0.15) is 0 Å². The number of rotatable bonds is 6. The van der Waals surface area contributed by atoms with Gasteiger partial charge in [-0.25, -0.2) is 4.79 Å². The van der Waals surface area contributed by atoms with Gasteiger partial charge in [0.1, 0.15) is 0 Å². The lowest BCUT2D eigenvalue weighted by Gasteiger charge is -2.09. The van der Waals surface area contributed by atoms with Crippen molar-refractivity contribution in [1.82, 2.24) is 0 Å². The standard InChI is InChI=1S/C24H20N4O4/c25-19-3-1-2-4-21(19)28-22(29)14-5-8-16(9-6-14)26-12-11-17-18-13-15(24(31)32)7-10-20(18)27-23(17)30/h1-11,13,26H,12,25H2,(H,27,30)(H,28,29)(H,31,32). The first-order chi connectivity index (χ1) is 15.4. The first-order valence-electron chi connectivity index (χ1n) is 9.81. The predicted molar refractivity (Wildman–Crippen MR) is 124 cm³/mol. The van der Waals surface area contributed by atoms with Gasteiger partial charge in [0.2, 0.25) is 0 Å². The van der Waals surface area contributed by atoms with E-state index < -0.39 is 5.97 Å². The molecule has 0 atom stereocenters. The van der Waals surface area contributed by atoms with Crippen molar-refractivity contribution in [3.8, 4) is 0 Å². The molecule has 1 aliphatic heterocycles. The highest BCUT2D eigenvalue weighted by atomic mass is 16.4. The lowest BCUT2D eigenvalue weighted by atomic mass is 10.0. The molecule has 0 spiro atoms. The number of nitrogens with two attached hydrogens (primary N) is 1. The van der Waals surface area contributed by atoms with E-state index >= 15 is 0 Å². The maximum absolute atomic E-state index is 12.4. The molecular formula is C24H20N4O4. The van der Waals surface area contributed by atoms with Crippen molar-refractivity contribution in [3.05, 3.63) is 89.5 Å². The number of benzene rings is 3. The van der Waals surface area contributed by atoms with E-state index in [9.17, 15) is 19.5 Å². The van der Waals surface area contributed by atoms with E-state index in [-0.39, 0.29) is 17.4 Å². The summed E-state index contributed by atoms with van der Waals surface area (Å²) in [6.07, 6.45) is 1.70. The van der Waals surface area contributed by atoms with Crippen molar-refractivity contribution in [2.75, 3.05) is 28.2 Å². The van der Waals surface area contributed by atoms with Gasteiger partial charge in [-0.15, -0.1) is 0 Å². The Labute approximate surface area is 183 Å². The van der Waals surface area contributed by atoms with Crippen molar-refractivity contribution in [2.45, 2.75) is 0 Å². The number of carbonyl (C=O) groups is 3. The summed E-state index contributed by atoms with van der Waals surface area (Å²) in [5.74, 6) is -1.61. The van der Waals surface area contributed by atoms with E-state index in [4.69, 9.17) is 5.73 Å². The molecule has 3 aromatic carbocycles. The fraction of sp³-hybridized carbons (Fsp3) is 0.0417. The Balaban J connectivity index is 1.41. The topological polar surface area (TPSA) is 134 Å². The third-order valence-corrected chi connectivity index (χ3v) is 5.02. The van der Waals surface area contributed by atoms with Crippen LogP contribution in [0.2, 0.25) is 0 Å². The smallest absolute Gasteiger partial charge is 0.335 e. The molecular weight excluding hydrogens is 408 g/mol. The normalized spacial score (nSPS) is 13.4. The Kier molecular flexibility index (Phi) is 5.59. The Morgan fingerprint density at radius 1 is 1.00 bits per heavy atom. The van der Waals surface area contributed by atoms with Crippen molar-refractivity contribution < 1.29 is 19.5 Å². The number of nitrogen functional groups attached to an aromatic ring is 1. The summed E-state index contributed by atoms with van der Waals surface area (Å²) >= 11 is 0. The molecule has 3 aromatic rings. The van der Waals surface area contributed by atoms with E-state index in [1.54, 1.807) is 60.7 Å². The summed E-state index contributed by atoms with van der Waals surface area (Å²) < 4.78 is 0. The summed E-state index contributed by atoms with van der Waals surface area (Å²) in [5, 5.41) is 17.8. The molecule has 4 rings (SSSR count). The Hall–Kier alpha value is -4.59. The highest BCUT2D eigenvalue weighted by Gasteiger charge is 2.24. The van der Waals surface area contributed by atoms with Gasteiger partial charge >= 0.3 is 5.97 Å². The molecule has 1 aliphatic rings. The Morgan fingerprint density at radius 2 is 1.72 bits per heavy atom. The SMILES string of the molecule is Nc1ccccc1NC(=O)c1ccc(NCC=C2C(=O)Nc3ccc(C(=O)O)cc32)cc1. The number of carbonyl (C=O) groups excluding carboxylic acids is 2. The zero-order chi connectivity index (χ0) is 22.7. The number of aromatic carboxylic acids is 1. The fourth-order valence-corrected chi connectivity index (χ4v) is 3.34. The highest BCUT2D eigenvalue weighted by molar-refractivity contribution is 6.31. The second kappa shape index (κ2) is 8.65. The molecule has 8 nitrogen and oxygen atoms in total. The van der Waals surface area contributed by atoms with Gasteiger partial charge in [0.15, 0.2) is 0 Å². The highest BCUT2D eigenvalue weighted by Crippen LogP contribution is 2.32. The van der Waals surface area contributed by atoms with Crippen LogP contribution >= 0.6 is 0 Å². The minimum absolute atomic E-state index is 0.116. The van der Waals surface area contributed by atoms with Crippen LogP contribution < -0.4 is 21.7 Å². The van der Waals surface area contributed by atoms with E-state index in [0.717, 1.165) is 5.69 Å². The van der Waals surface area contributed by atoms with Crippen LogP contribution in [0.1, 0.15) is 26.3 Å². The fourth-order valence-electron chi connectivity index (χ4n) is 3.34. The van der Waals surface area contributed by atoms with Gasteiger partial charge in [-0.3, -0.25) is 9.59 Å². The zero-order valence-corrected chi connectivity index (χ0v) is 16.9. The van der Waals surface area contributed by atoms with Crippen LogP contribution in [0.3, 0.4) is 0 Å². The molecule has 160 valence electrons. The number of carboxylic acids is 1. The minimum atomic E-state index is -1.05. The molecule has 0 bridgehead atoms. The Morgan fingerprint density at radius 3 is 2.44 bits per heavy atom. The second-order valence-corrected chi connectivity index (χ2v) is 7.14. The monoisotopic (exact) mass is 428 g/mol. The molecule has 0 saturated carbocycles. The van der Waals surface area contributed by atoms with Gasteiger partial charge < -0.3 is 26.8 Å². The second-order valence-electron chi connectivity index (χ2n) is 7.14. The van der Waals surface area contributed by atoms with Crippen molar-refractivity contribution in [3.63, 3.8) is 0 Å². The zero-order valence-electron chi connectivity index (χ0n) is 16.9. The van der Waals surface area contributed by atoms with Gasteiger partial charge in [0.25, 0.3) is 11.8 Å². The summed E-state index contributed by atoms with van der Waals surface area (Å²) in [6.45, 7) is 0.339. The molecule has 8 heteroatoms. The number of amides is 2. The van der Waals surface area contributed by atoms with E-state index in [2.05, 4.69) is 16.0 Å². The molecule has 0 aliphatic carbocycles. The first kappa shape index (κ1) is 20.7. The van der Waals surface area contributed by atoms with E-state index in [1.807, 2.05) is 0 Å². The van der Waals surface area contributed by atoms with E-state index in [0.29, 0.717) is 40.3 Å². The average molecular weight is 428 g/mol. The van der Waals surface area contributed by atoms with Crippen LogP contribution in [-0.2, 0) is 4.79 Å². The molecule has 32 heavy (non-hydrogen) atoms. The van der Waals surface area contributed by atoms with Crippen molar-refractivity contribution in [2.24, 2.45) is 0 Å². The van der Waals surface area contributed by atoms with Gasteiger partial charge in [-0.05, 0) is 54.6 Å². The summed E-state index contributed by atoms with van der Waals surface area (Å²) in [5.41, 5.74) is 9.79. The van der Waals surface area contributed by atoms with Crippen molar-refractivity contribution in [1.29, 1.82) is 0 Å². The first-order valence-corrected chi connectivity index (χ1v) is 9.81. The number of hydrogen-bond donors (Lipinski definition) is 5. The van der Waals surface area contributed by atoms with Crippen LogP contribution in [0.5, 0.6) is 0 Å². The molecule has 0 saturated heterocycles. The molecule has 0 unspecified atom stereocenters. The molecule has 2 amide bonds. The van der Waals surface area contributed by atoms with Crippen LogP contribution in [0, 0.1) is 0 Å². The van der Waals surface area contributed by atoms with Crippen molar-refractivity contribution >= 4 is 46.1 Å². The molecule has 1 heterocycles. The van der Waals surface area contributed by atoms with E-state index in [1.165, 1.54) is 12.1 Å². The predicted octanol–water partition coefficient (Wildman–Crippen LogP) is 3.67. The lowest BCUT2D eigenvalue weighted by molar-refractivity contribution is -0.110. The number of carboxylic acid groups (broad SMARTS) is 1. The summed E-state index contributed by atoms with van der Waals surface area (Å²) in [7, 11) is 0. The number of fused-ring (bicyclic) bond motifs is 1. The largest absolute Gasteiger partial charge is 0.478 e. The third-order valence-electron chi connectivity index (χ3n) is 5.02. The average Bonchev–Trinajstić information content (AvgIpc) is 3.10. The minimum Gasteiger partial charge on any atom is -0.478 e. The third kappa shape index (κ3) is 4.29. The van der Waals surface area contributed by atoms with Crippen LogP contribution in [0.15, 0.2) is 72.8 Å². The number of nitrogens with one attached hydrogen (secondary N) is 3. The van der Waals surface area contributed by atoms with Gasteiger partial charge in [0.05, 0.1) is 16.9 Å². The van der Waals surface area contributed by atoms with Gasteiger partial charge in [0, 0.05) is 34.6 Å². The molecule has 0 fully saturated rings. The van der Waals surface area contributed by atoms with Crippen LogP contribution in [0.25, 0.3) is 5.57 Å². The maximum atomic E-state index is 12.4. The lowest BCUT2D eigenvalue weighted by Crippen LogP contribution is -2.13. The van der Waals surface area contributed by atoms with Crippen LogP contribution in [-0.4, -0.2) is 29.4 Å². The molecule has 6 N–H and O–H groups in total. The number of anilines is 4. The summed E-state index contributed by atoms with van der Waals surface area (Å²) in [4.78, 5) is 35.9. The molecule has 0 aromatic heterocycles. The number of para-hydroxylation sites is 2. The Bertz CT molecular complexity index is 1250. The number of hydrogen-bond acceptors (Lipinski definition) is 5. The quantitative estimate of drug-likeness (QED) is 0.300. The van der Waals surface area contributed by atoms with Gasteiger partial charge in [-0.1, -0.05) is 18.2 Å². The molecule has 0 radical (unpaired) electrons. The maximum Gasteiger partial charge on any atom is 0.335 e.